The van der Waals surface area contributed by atoms with Crippen molar-refractivity contribution < 1.29 is 9.53 Å². The summed E-state index contributed by atoms with van der Waals surface area (Å²) in [6, 6.07) is 0.343. The molecule has 2 aliphatic rings. The van der Waals surface area contributed by atoms with Crippen LogP contribution in [-0.4, -0.2) is 18.7 Å². The monoisotopic (exact) mass is 225 g/mol. The molecule has 3 heteroatoms. The Kier molecular flexibility index (Phi) is 3.41. The topological polar surface area (TPSA) is 38.3 Å². The van der Waals surface area contributed by atoms with Crippen molar-refractivity contribution in [1.82, 2.24) is 5.32 Å². The molecule has 0 unspecified atom stereocenters. The summed E-state index contributed by atoms with van der Waals surface area (Å²) in [5.41, 5.74) is 0.290. The van der Waals surface area contributed by atoms with Crippen LogP contribution in [0.4, 0.5) is 4.79 Å². The Morgan fingerprint density at radius 2 is 1.94 bits per heavy atom. The minimum Gasteiger partial charge on any atom is -0.449 e. The van der Waals surface area contributed by atoms with E-state index in [1.807, 2.05) is 0 Å². The molecule has 2 rings (SSSR count). The molecule has 0 atom stereocenters. The van der Waals surface area contributed by atoms with E-state index in [0.717, 1.165) is 18.8 Å². The first kappa shape index (κ1) is 11.7. The lowest BCUT2D eigenvalue weighted by molar-refractivity contribution is 0.118. The van der Waals surface area contributed by atoms with E-state index in [1.165, 1.54) is 25.7 Å². The molecule has 0 aromatic carbocycles. The van der Waals surface area contributed by atoms with Gasteiger partial charge in [-0.3, -0.25) is 0 Å². The van der Waals surface area contributed by atoms with Crippen LogP contribution in [0.5, 0.6) is 0 Å². The Balaban J connectivity index is 1.63. The third-order valence-electron chi connectivity index (χ3n) is 3.99. The summed E-state index contributed by atoms with van der Waals surface area (Å²) >= 11 is 0. The highest BCUT2D eigenvalue weighted by molar-refractivity contribution is 5.67. The molecule has 0 heterocycles. The average molecular weight is 225 g/mol. The first-order valence-electron chi connectivity index (χ1n) is 6.51. The molecular weight excluding hydrogens is 202 g/mol. The first-order chi connectivity index (χ1) is 7.57. The summed E-state index contributed by atoms with van der Waals surface area (Å²) in [7, 11) is 0. The van der Waals surface area contributed by atoms with Gasteiger partial charge >= 0.3 is 6.09 Å². The van der Waals surface area contributed by atoms with Gasteiger partial charge in [0.15, 0.2) is 0 Å². The molecule has 2 saturated carbocycles. The number of amides is 1. The molecular formula is C13H23NO2. The van der Waals surface area contributed by atoms with Gasteiger partial charge in [-0.15, -0.1) is 0 Å². The second-order valence-electron chi connectivity index (χ2n) is 5.99. The van der Waals surface area contributed by atoms with Crippen LogP contribution in [0.25, 0.3) is 0 Å². The van der Waals surface area contributed by atoms with E-state index in [4.69, 9.17) is 4.74 Å². The van der Waals surface area contributed by atoms with E-state index in [1.54, 1.807) is 0 Å². The first-order valence-corrected chi connectivity index (χ1v) is 6.51. The Morgan fingerprint density at radius 3 is 2.50 bits per heavy atom. The van der Waals surface area contributed by atoms with Gasteiger partial charge in [-0.1, -0.05) is 13.8 Å². The highest BCUT2D eigenvalue weighted by Gasteiger charge is 2.38. The van der Waals surface area contributed by atoms with Gasteiger partial charge < -0.3 is 10.1 Å². The van der Waals surface area contributed by atoms with Gasteiger partial charge in [0, 0.05) is 11.5 Å². The van der Waals surface area contributed by atoms with Crippen LogP contribution in [0.1, 0.15) is 52.4 Å². The molecule has 0 bridgehead atoms. The average Bonchev–Trinajstić information content (AvgIpc) is 2.98. The third kappa shape index (κ3) is 3.39. The SMILES string of the molecule is CC1CCC(NC(=O)OCC2(C)CC2)CC1. The fourth-order valence-electron chi connectivity index (χ4n) is 2.21. The Morgan fingerprint density at radius 1 is 1.31 bits per heavy atom. The molecule has 0 spiro atoms. The maximum absolute atomic E-state index is 11.5. The summed E-state index contributed by atoms with van der Waals surface area (Å²) in [4.78, 5) is 11.5. The predicted molar refractivity (Wildman–Crippen MR) is 63.2 cm³/mol. The molecule has 1 N–H and O–H groups in total. The molecule has 0 aromatic heterocycles. The zero-order valence-corrected chi connectivity index (χ0v) is 10.4. The number of hydrogen-bond acceptors (Lipinski definition) is 2. The lowest BCUT2D eigenvalue weighted by Crippen LogP contribution is -2.38. The summed E-state index contributed by atoms with van der Waals surface area (Å²) in [6.45, 7) is 5.03. The molecule has 92 valence electrons. The van der Waals surface area contributed by atoms with Crippen molar-refractivity contribution in [3.8, 4) is 0 Å². The van der Waals surface area contributed by atoms with E-state index >= 15 is 0 Å². The van der Waals surface area contributed by atoms with Crippen LogP contribution < -0.4 is 5.32 Å². The van der Waals surface area contributed by atoms with Crippen molar-refractivity contribution in [1.29, 1.82) is 0 Å². The van der Waals surface area contributed by atoms with Crippen LogP contribution in [0.15, 0.2) is 0 Å². The molecule has 0 aromatic rings. The molecule has 3 nitrogen and oxygen atoms in total. The van der Waals surface area contributed by atoms with Gasteiger partial charge in [0.05, 0.1) is 6.61 Å². The van der Waals surface area contributed by atoms with Gasteiger partial charge in [-0.25, -0.2) is 4.79 Å². The molecule has 2 fully saturated rings. The van der Waals surface area contributed by atoms with E-state index in [-0.39, 0.29) is 6.09 Å². The number of hydrogen-bond donors (Lipinski definition) is 1. The smallest absolute Gasteiger partial charge is 0.407 e. The number of alkyl carbamates (subject to hydrolysis) is 1. The highest BCUT2D eigenvalue weighted by atomic mass is 16.5. The van der Waals surface area contributed by atoms with Gasteiger partial charge in [0.1, 0.15) is 0 Å². The van der Waals surface area contributed by atoms with Crippen molar-refractivity contribution in [2.75, 3.05) is 6.61 Å². The predicted octanol–water partition coefficient (Wildman–Crippen LogP) is 3.09. The lowest BCUT2D eigenvalue weighted by Gasteiger charge is -2.26. The van der Waals surface area contributed by atoms with Crippen LogP contribution in [0.3, 0.4) is 0 Å². The van der Waals surface area contributed by atoms with E-state index in [9.17, 15) is 4.79 Å². The van der Waals surface area contributed by atoms with E-state index in [2.05, 4.69) is 19.2 Å². The number of ether oxygens (including phenoxy) is 1. The summed E-state index contributed by atoms with van der Waals surface area (Å²) in [5, 5.41) is 2.98. The maximum atomic E-state index is 11.5. The molecule has 16 heavy (non-hydrogen) atoms. The quantitative estimate of drug-likeness (QED) is 0.801. The second-order valence-corrected chi connectivity index (χ2v) is 5.99. The van der Waals surface area contributed by atoms with Crippen molar-refractivity contribution in [3.63, 3.8) is 0 Å². The van der Waals surface area contributed by atoms with Gasteiger partial charge in [-0.2, -0.15) is 0 Å². The number of rotatable bonds is 3. The zero-order valence-electron chi connectivity index (χ0n) is 10.4. The van der Waals surface area contributed by atoms with Crippen molar-refractivity contribution in [2.24, 2.45) is 11.3 Å². The molecule has 0 radical (unpaired) electrons. The molecule has 2 aliphatic carbocycles. The minimum absolute atomic E-state index is 0.215. The Hall–Kier alpha value is -0.730. The Labute approximate surface area is 97.9 Å². The van der Waals surface area contributed by atoms with Crippen molar-refractivity contribution in [2.45, 2.75) is 58.4 Å². The summed E-state index contributed by atoms with van der Waals surface area (Å²) < 4.78 is 5.25. The van der Waals surface area contributed by atoms with Crippen LogP contribution in [0.2, 0.25) is 0 Å². The molecule has 0 saturated heterocycles. The highest BCUT2D eigenvalue weighted by Crippen LogP contribution is 2.44. The Bertz CT molecular complexity index is 253. The number of carbonyl (C=O) groups excluding carboxylic acids is 1. The standard InChI is InChI=1S/C13H23NO2/c1-10-3-5-11(6-4-10)14-12(15)16-9-13(2)7-8-13/h10-11H,3-9H2,1-2H3,(H,14,15). The van der Waals surface area contributed by atoms with Crippen LogP contribution >= 0.6 is 0 Å². The third-order valence-corrected chi connectivity index (χ3v) is 3.99. The molecule has 0 aliphatic heterocycles. The fraction of sp³-hybridized carbons (Fsp3) is 0.923. The van der Waals surface area contributed by atoms with Gasteiger partial charge in [0.25, 0.3) is 0 Å². The summed E-state index contributed by atoms with van der Waals surface area (Å²) in [6.07, 6.45) is 6.84. The maximum Gasteiger partial charge on any atom is 0.407 e. The van der Waals surface area contributed by atoms with E-state index < -0.39 is 0 Å². The van der Waals surface area contributed by atoms with Crippen molar-refractivity contribution >= 4 is 6.09 Å². The van der Waals surface area contributed by atoms with Crippen LogP contribution in [0, 0.1) is 11.3 Å². The second kappa shape index (κ2) is 4.64. The number of nitrogens with one attached hydrogen (secondary N) is 1. The van der Waals surface area contributed by atoms with Crippen molar-refractivity contribution in [3.05, 3.63) is 0 Å². The van der Waals surface area contributed by atoms with Gasteiger partial charge in [-0.05, 0) is 44.4 Å². The van der Waals surface area contributed by atoms with Gasteiger partial charge in [0.2, 0.25) is 0 Å². The fourth-order valence-corrected chi connectivity index (χ4v) is 2.21. The normalized spacial score (nSPS) is 31.9. The van der Waals surface area contributed by atoms with E-state index in [0.29, 0.717) is 18.1 Å². The summed E-state index contributed by atoms with van der Waals surface area (Å²) in [5.74, 6) is 0.819. The largest absolute Gasteiger partial charge is 0.449 e. The number of carbonyl (C=O) groups is 1. The van der Waals surface area contributed by atoms with Crippen LogP contribution in [-0.2, 0) is 4.74 Å². The zero-order chi connectivity index (χ0) is 11.6. The minimum atomic E-state index is -0.215. The lowest BCUT2D eigenvalue weighted by atomic mass is 9.87. The molecule has 1 amide bonds.